The maximum Gasteiger partial charge on any atom is 0.323 e. The van der Waals surface area contributed by atoms with Gasteiger partial charge in [0.2, 0.25) is 5.75 Å². The fraction of sp³-hybridized carbons (Fsp3) is 0.130. The van der Waals surface area contributed by atoms with E-state index in [0.29, 0.717) is 51.4 Å². The standard InChI is InChI=1S/C23H21N3O6/c1-29-19-11-14(12-20(30-2)21(19)31-3)25-23(28)24-13-8-9-17-15(10-13)22(27)26-16-6-4-5-7-18(16)32-17/h4-12H,1-3H3,(H,26,27)(H2,24,25,28). The van der Waals surface area contributed by atoms with E-state index in [4.69, 9.17) is 18.9 Å². The lowest BCUT2D eigenvalue weighted by Gasteiger charge is -2.15. The number of ether oxygens (including phenoxy) is 4. The summed E-state index contributed by atoms with van der Waals surface area (Å²) >= 11 is 0. The summed E-state index contributed by atoms with van der Waals surface area (Å²) in [6, 6.07) is 14.7. The highest BCUT2D eigenvalue weighted by atomic mass is 16.5. The van der Waals surface area contributed by atoms with Crippen LogP contribution < -0.4 is 34.9 Å². The van der Waals surface area contributed by atoms with Crippen molar-refractivity contribution in [3.8, 4) is 28.7 Å². The molecule has 1 aliphatic heterocycles. The Morgan fingerprint density at radius 1 is 0.844 bits per heavy atom. The Bertz CT molecular complexity index is 1170. The van der Waals surface area contributed by atoms with Gasteiger partial charge in [0.05, 0.1) is 38.3 Å². The predicted octanol–water partition coefficient (Wildman–Crippen LogP) is 4.71. The molecule has 9 nitrogen and oxygen atoms in total. The molecule has 0 aromatic heterocycles. The molecule has 0 fully saturated rings. The maximum atomic E-state index is 12.6. The molecule has 0 radical (unpaired) electrons. The fourth-order valence-corrected chi connectivity index (χ4v) is 3.29. The van der Waals surface area contributed by atoms with Gasteiger partial charge in [-0.15, -0.1) is 0 Å². The van der Waals surface area contributed by atoms with Crippen molar-refractivity contribution in [2.24, 2.45) is 0 Å². The maximum absolute atomic E-state index is 12.6. The monoisotopic (exact) mass is 435 g/mol. The number of carbonyl (C=O) groups is 2. The van der Waals surface area contributed by atoms with E-state index in [-0.39, 0.29) is 5.91 Å². The van der Waals surface area contributed by atoms with E-state index >= 15 is 0 Å². The van der Waals surface area contributed by atoms with Crippen molar-refractivity contribution in [2.45, 2.75) is 0 Å². The van der Waals surface area contributed by atoms with Crippen LogP contribution in [0.4, 0.5) is 21.9 Å². The Hall–Kier alpha value is -4.40. The topological polar surface area (TPSA) is 107 Å². The highest BCUT2D eigenvalue weighted by Gasteiger charge is 2.21. The van der Waals surface area contributed by atoms with Crippen LogP contribution in [0.1, 0.15) is 10.4 Å². The summed E-state index contributed by atoms with van der Waals surface area (Å²) < 4.78 is 21.7. The number of para-hydroxylation sites is 2. The first-order chi connectivity index (χ1) is 15.5. The largest absolute Gasteiger partial charge is 0.493 e. The van der Waals surface area contributed by atoms with E-state index in [1.807, 2.05) is 6.07 Å². The quantitative estimate of drug-likeness (QED) is 0.536. The van der Waals surface area contributed by atoms with E-state index in [1.165, 1.54) is 21.3 Å². The van der Waals surface area contributed by atoms with Crippen molar-refractivity contribution in [2.75, 3.05) is 37.3 Å². The van der Waals surface area contributed by atoms with E-state index < -0.39 is 6.03 Å². The molecule has 0 saturated carbocycles. The van der Waals surface area contributed by atoms with Crippen molar-refractivity contribution in [3.63, 3.8) is 0 Å². The van der Waals surface area contributed by atoms with Crippen LogP contribution in [-0.4, -0.2) is 33.3 Å². The number of hydrogen-bond acceptors (Lipinski definition) is 6. The number of anilines is 3. The molecule has 3 amide bonds. The Morgan fingerprint density at radius 3 is 2.22 bits per heavy atom. The van der Waals surface area contributed by atoms with E-state index in [0.717, 1.165) is 0 Å². The summed E-state index contributed by atoms with van der Waals surface area (Å²) in [7, 11) is 4.47. The van der Waals surface area contributed by atoms with Gasteiger partial charge in [0.25, 0.3) is 5.91 Å². The average Bonchev–Trinajstić information content (AvgIpc) is 2.93. The van der Waals surface area contributed by atoms with Gasteiger partial charge in [-0.3, -0.25) is 4.79 Å². The van der Waals surface area contributed by atoms with Crippen LogP contribution in [0.5, 0.6) is 28.7 Å². The van der Waals surface area contributed by atoms with Gasteiger partial charge < -0.3 is 34.9 Å². The van der Waals surface area contributed by atoms with Crippen LogP contribution in [-0.2, 0) is 0 Å². The third kappa shape index (κ3) is 4.08. The first-order valence-electron chi connectivity index (χ1n) is 9.62. The molecule has 0 saturated heterocycles. The molecule has 3 aromatic rings. The van der Waals surface area contributed by atoms with E-state index in [9.17, 15) is 9.59 Å². The van der Waals surface area contributed by atoms with Gasteiger partial charge in [0, 0.05) is 17.8 Å². The second-order valence-corrected chi connectivity index (χ2v) is 6.76. The van der Waals surface area contributed by atoms with Crippen molar-refractivity contribution in [1.29, 1.82) is 0 Å². The number of benzene rings is 3. The predicted molar refractivity (Wildman–Crippen MR) is 120 cm³/mol. The Kier molecular flexibility index (Phi) is 5.71. The number of fused-ring (bicyclic) bond motifs is 2. The van der Waals surface area contributed by atoms with Crippen LogP contribution in [0.2, 0.25) is 0 Å². The summed E-state index contributed by atoms with van der Waals surface area (Å²) in [5, 5.41) is 8.22. The zero-order valence-corrected chi connectivity index (χ0v) is 17.6. The van der Waals surface area contributed by atoms with Crippen molar-refractivity contribution in [1.82, 2.24) is 0 Å². The zero-order valence-electron chi connectivity index (χ0n) is 17.6. The minimum absolute atomic E-state index is 0.298. The first kappa shape index (κ1) is 20.9. The molecule has 0 spiro atoms. The molecule has 1 heterocycles. The summed E-state index contributed by atoms with van der Waals surface area (Å²) in [5.41, 5.74) is 1.72. The number of nitrogens with one attached hydrogen (secondary N) is 3. The van der Waals surface area contributed by atoms with Crippen LogP contribution in [0.15, 0.2) is 54.6 Å². The lowest BCUT2D eigenvalue weighted by atomic mass is 10.1. The van der Waals surface area contributed by atoms with Crippen LogP contribution in [0.3, 0.4) is 0 Å². The van der Waals surface area contributed by atoms with Crippen LogP contribution in [0, 0.1) is 0 Å². The average molecular weight is 435 g/mol. The molecule has 0 aliphatic carbocycles. The normalized spacial score (nSPS) is 11.7. The molecule has 9 heteroatoms. The third-order valence-electron chi connectivity index (χ3n) is 4.76. The molecule has 3 N–H and O–H groups in total. The molecular formula is C23H21N3O6. The molecule has 0 unspecified atom stereocenters. The zero-order chi connectivity index (χ0) is 22.7. The van der Waals surface area contributed by atoms with Gasteiger partial charge in [-0.2, -0.15) is 0 Å². The lowest BCUT2D eigenvalue weighted by molar-refractivity contribution is 0.102. The summed E-state index contributed by atoms with van der Waals surface area (Å²) in [6.07, 6.45) is 0. The second-order valence-electron chi connectivity index (χ2n) is 6.76. The van der Waals surface area contributed by atoms with Gasteiger partial charge in [-0.05, 0) is 30.3 Å². The molecule has 4 rings (SSSR count). The number of hydrogen-bond donors (Lipinski definition) is 3. The molecule has 0 bridgehead atoms. The number of rotatable bonds is 5. The second kappa shape index (κ2) is 8.76. The van der Waals surface area contributed by atoms with E-state index in [2.05, 4.69) is 16.0 Å². The lowest BCUT2D eigenvalue weighted by Crippen LogP contribution is -2.20. The smallest absolute Gasteiger partial charge is 0.323 e. The van der Waals surface area contributed by atoms with Crippen molar-refractivity contribution >= 4 is 29.0 Å². The summed E-state index contributed by atoms with van der Waals surface area (Å²) in [5.74, 6) is 1.82. The van der Waals surface area contributed by atoms with Gasteiger partial charge in [-0.1, -0.05) is 12.1 Å². The fourth-order valence-electron chi connectivity index (χ4n) is 3.29. The molecule has 164 valence electrons. The Morgan fingerprint density at radius 2 is 1.53 bits per heavy atom. The van der Waals surface area contributed by atoms with Crippen molar-refractivity contribution < 1.29 is 28.5 Å². The third-order valence-corrected chi connectivity index (χ3v) is 4.76. The molecule has 1 aliphatic rings. The first-order valence-corrected chi connectivity index (χ1v) is 9.62. The summed E-state index contributed by atoms with van der Waals surface area (Å²) in [6.45, 7) is 0. The number of carbonyl (C=O) groups excluding carboxylic acids is 2. The summed E-state index contributed by atoms with van der Waals surface area (Å²) in [4.78, 5) is 25.2. The Balaban J connectivity index is 1.53. The van der Waals surface area contributed by atoms with Crippen molar-refractivity contribution in [3.05, 3.63) is 60.2 Å². The number of urea groups is 1. The highest BCUT2D eigenvalue weighted by Crippen LogP contribution is 2.40. The van der Waals surface area contributed by atoms with Gasteiger partial charge in [0.1, 0.15) is 5.75 Å². The highest BCUT2D eigenvalue weighted by molar-refractivity contribution is 6.09. The van der Waals surface area contributed by atoms with Crippen LogP contribution >= 0.6 is 0 Å². The van der Waals surface area contributed by atoms with Gasteiger partial charge in [0.15, 0.2) is 17.2 Å². The molecular weight excluding hydrogens is 414 g/mol. The minimum Gasteiger partial charge on any atom is -0.493 e. The minimum atomic E-state index is -0.516. The van der Waals surface area contributed by atoms with Gasteiger partial charge >= 0.3 is 6.03 Å². The molecule has 0 atom stereocenters. The number of methoxy groups -OCH3 is 3. The molecule has 3 aromatic carbocycles. The Labute approximate surface area is 184 Å². The SMILES string of the molecule is COc1cc(NC(=O)Nc2ccc3c(c2)C(=O)Nc2ccccc2O3)cc(OC)c1OC. The van der Waals surface area contributed by atoms with E-state index in [1.54, 1.807) is 48.5 Å². The number of amides is 3. The van der Waals surface area contributed by atoms with Gasteiger partial charge in [-0.25, -0.2) is 4.79 Å². The molecule has 32 heavy (non-hydrogen) atoms. The van der Waals surface area contributed by atoms with Crippen LogP contribution in [0.25, 0.3) is 0 Å².